The van der Waals surface area contributed by atoms with Crippen LogP contribution in [0.3, 0.4) is 0 Å². The highest BCUT2D eigenvalue weighted by Gasteiger charge is 2.09. The normalized spacial score (nSPS) is 10.6. The summed E-state index contributed by atoms with van der Waals surface area (Å²) in [5.74, 6) is 0.844. The summed E-state index contributed by atoms with van der Waals surface area (Å²) in [6.07, 6.45) is 3.08. The maximum absolute atomic E-state index is 12.2. The van der Waals surface area contributed by atoms with Crippen LogP contribution in [-0.2, 0) is 0 Å². The van der Waals surface area contributed by atoms with E-state index in [1.165, 1.54) is 12.4 Å². The number of hydrogen-bond acceptors (Lipinski definition) is 4. The van der Waals surface area contributed by atoms with Gasteiger partial charge in [0.25, 0.3) is 5.91 Å². The monoisotopic (exact) mass is 298 g/mol. The first kappa shape index (κ1) is 15.9. The first-order chi connectivity index (χ1) is 10.5. The van der Waals surface area contributed by atoms with Crippen LogP contribution in [0.1, 0.15) is 35.3 Å². The van der Waals surface area contributed by atoms with Gasteiger partial charge < -0.3 is 10.6 Å². The van der Waals surface area contributed by atoms with Gasteiger partial charge in [-0.2, -0.15) is 0 Å². The Labute approximate surface area is 131 Å². The van der Waals surface area contributed by atoms with Gasteiger partial charge in [-0.05, 0) is 37.0 Å². The molecular formula is C17H22N4O. The highest BCUT2D eigenvalue weighted by molar-refractivity contribution is 6.04. The average molecular weight is 298 g/mol. The molecule has 2 rings (SSSR count). The molecule has 5 heteroatoms. The van der Waals surface area contributed by atoms with E-state index in [2.05, 4.69) is 34.4 Å². The fourth-order valence-electron chi connectivity index (χ4n) is 1.90. The molecule has 0 bridgehead atoms. The summed E-state index contributed by atoms with van der Waals surface area (Å²) in [5.41, 5.74) is 3.38. The maximum Gasteiger partial charge on any atom is 0.258 e. The van der Waals surface area contributed by atoms with Crippen molar-refractivity contribution in [3.8, 4) is 0 Å². The third-order valence-corrected chi connectivity index (χ3v) is 3.22. The van der Waals surface area contributed by atoms with E-state index >= 15 is 0 Å². The highest BCUT2D eigenvalue weighted by Crippen LogP contribution is 2.17. The lowest BCUT2D eigenvalue weighted by atomic mass is 10.1. The van der Waals surface area contributed by atoms with Gasteiger partial charge >= 0.3 is 0 Å². The van der Waals surface area contributed by atoms with Crippen LogP contribution in [0.2, 0.25) is 0 Å². The van der Waals surface area contributed by atoms with E-state index in [0.29, 0.717) is 17.4 Å². The number of carbonyl (C=O) groups excluding carboxylic acids is 1. The number of amides is 1. The number of carbonyl (C=O) groups is 1. The topological polar surface area (TPSA) is 66.9 Å². The molecule has 0 atom stereocenters. The zero-order valence-electron chi connectivity index (χ0n) is 13.5. The third-order valence-electron chi connectivity index (χ3n) is 3.22. The van der Waals surface area contributed by atoms with E-state index < -0.39 is 0 Å². The van der Waals surface area contributed by atoms with Crippen molar-refractivity contribution in [3.63, 3.8) is 0 Å². The van der Waals surface area contributed by atoms with Crippen LogP contribution in [0.5, 0.6) is 0 Å². The van der Waals surface area contributed by atoms with Gasteiger partial charge in [0.05, 0.1) is 5.56 Å². The number of nitrogens with one attached hydrogen (secondary N) is 2. The van der Waals surface area contributed by atoms with Gasteiger partial charge in [-0.3, -0.25) is 4.79 Å². The van der Waals surface area contributed by atoms with Gasteiger partial charge in [0.2, 0.25) is 5.95 Å². The van der Waals surface area contributed by atoms with Crippen molar-refractivity contribution in [1.29, 1.82) is 0 Å². The lowest BCUT2D eigenvalue weighted by Gasteiger charge is -2.10. The molecule has 0 fully saturated rings. The minimum Gasteiger partial charge on any atom is -0.354 e. The minimum absolute atomic E-state index is 0.205. The summed E-state index contributed by atoms with van der Waals surface area (Å²) in [6.45, 7) is 8.98. The van der Waals surface area contributed by atoms with E-state index in [-0.39, 0.29) is 5.91 Å². The van der Waals surface area contributed by atoms with Crippen LogP contribution in [0.25, 0.3) is 0 Å². The zero-order chi connectivity index (χ0) is 16.1. The lowest BCUT2D eigenvalue weighted by Crippen LogP contribution is -2.15. The van der Waals surface area contributed by atoms with E-state index in [4.69, 9.17) is 0 Å². The molecular weight excluding hydrogens is 276 g/mol. The molecule has 5 nitrogen and oxygen atoms in total. The Hall–Kier alpha value is -2.43. The van der Waals surface area contributed by atoms with Crippen molar-refractivity contribution in [3.05, 3.63) is 47.3 Å². The molecule has 0 aliphatic carbocycles. The van der Waals surface area contributed by atoms with E-state index in [0.717, 1.165) is 23.4 Å². The average Bonchev–Trinajstić information content (AvgIpc) is 2.49. The molecule has 1 aromatic heterocycles. The summed E-state index contributed by atoms with van der Waals surface area (Å²) >= 11 is 0. The first-order valence-electron chi connectivity index (χ1n) is 7.40. The molecule has 2 aromatic rings. The molecule has 22 heavy (non-hydrogen) atoms. The summed E-state index contributed by atoms with van der Waals surface area (Å²) in [5, 5.41) is 6.02. The van der Waals surface area contributed by atoms with Crippen molar-refractivity contribution in [2.45, 2.75) is 27.7 Å². The predicted molar refractivity (Wildman–Crippen MR) is 89.2 cm³/mol. The van der Waals surface area contributed by atoms with Crippen molar-refractivity contribution >= 4 is 17.5 Å². The van der Waals surface area contributed by atoms with Crippen LogP contribution in [0, 0.1) is 19.8 Å². The number of aromatic nitrogens is 2. The second-order valence-electron chi connectivity index (χ2n) is 5.84. The second kappa shape index (κ2) is 7.02. The molecule has 1 aromatic carbocycles. The van der Waals surface area contributed by atoms with Gasteiger partial charge in [-0.25, -0.2) is 9.97 Å². The quantitative estimate of drug-likeness (QED) is 0.887. The zero-order valence-corrected chi connectivity index (χ0v) is 13.5. The highest BCUT2D eigenvalue weighted by atomic mass is 16.1. The molecule has 1 heterocycles. The Morgan fingerprint density at radius 3 is 2.50 bits per heavy atom. The lowest BCUT2D eigenvalue weighted by molar-refractivity contribution is 0.102. The molecule has 0 saturated carbocycles. The van der Waals surface area contributed by atoms with Gasteiger partial charge in [0.1, 0.15) is 0 Å². The van der Waals surface area contributed by atoms with Crippen molar-refractivity contribution in [2.24, 2.45) is 5.92 Å². The summed E-state index contributed by atoms with van der Waals surface area (Å²) in [7, 11) is 0. The Kier molecular flexibility index (Phi) is 5.09. The summed E-state index contributed by atoms with van der Waals surface area (Å²) in [6, 6.07) is 5.95. The van der Waals surface area contributed by atoms with E-state index in [1.54, 1.807) is 0 Å². The number of hydrogen-bond donors (Lipinski definition) is 2. The molecule has 0 spiro atoms. The van der Waals surface area contributed by atoms with Crippen LogP contribution in [0.4, 0.5) is 11.6 Å². The van der Waals surface area contributed by atoms with Crippen LogP contribution >= 0.6 is 0 Å². The van der Waals surface area contributed by atoms with Gasteiger partial charge in [0.15, 0.2) is 0 Å². The van der Waals surface area contributed by atoms with E-state index in [1.807, 2.05) is 32.0 Å². The third kappa shape index (κ3) is 4.28. The van der Waals surface area contributed by atoms with Crippen LogP contribution in [-0.4, -0.2) is 22.4 Å². The van der Waals surface area contributed by atoms with Gasteiger partial charge in [0, 0.05) is 24.6 Å². The largest absolute Gasteiger partial charge is 0.354 e. The van der Waals surface area contributed by atoms with Crippen molar-refractivity contribution < 1.29 is 4.79 Å². The number of nitrogens with zero attached hydrogens (tertiary/aromatic N) is 2. The molecule has 0 saturated heterocycles. The molecule has 0 aliphatic rings. The van der Waals surface area contributed by atoms with Crippen molar-refractivity contribution in [2.75, 3.05) is 17.2 Å². The number of anilines is 2. The number of aryl methyl sites for hydroxylation is 2. The predicted octanol–water partition coefficient (Wildman–Crippen LogP) is 3.41. The molecule has 2 N–H and O–H groups in total. The fourth-order valence-corrected chi connectivity index (χ4v) is 1.90. The molecule has 0 aliphatic heterocycles. The number of rotatable bonds is 5. The maximum atomic E-state index is 12.2. The first-order valence-corrected chi connectivity index (χ1v) is 7.40. The molecule has 0 radical (unpaired) electrons. The number of benzene rings is 1. The Balaban J connectivity index is 2.05. The molecule has 1 amide bonds. The fraction of sp³-hybridized carbons (Fsp3) is 0.353. The standard InChI is InChI=1S/C17H22N4O/c1-11(2)8-18-17-19-9-14(10-20-17)16(22)21-15-7-12(3)5-6-13(15)4/h5-7,9-11H,8H2,1-4H3,(H,21,22)(H,18,19,20). The minimum atomic E-state index is -0.205. The summed E-state index contributed by atoms with van der Waals surface area (Å²) < 4.78 is 0. The SMILES string of the molecule is Cc1ccc(C)c(NC(=O)c2cnc(NCC(C)C)nc2)c1. The van der Waals surface area contributed by atoms with Crippen LogP contribution < -0.4 is 10.6 Å². The smallest absolute Gasteiger partial charge is 0.258 e. The Morgan fingerprint density at radius 2 is 1.86 bits per heavy atom. The Bertz CT molecular complexity index is 650. The van der Waals surface area contributed by atoms with Crippen molar-refractivity contribution in [1.82, 2.24) is 9.97 Å². The summed E-state index contributed by atoms with van der Waals surface area (Å²) in [4.78, 5) is 20.6. The second-order valence-corrected chi connectivity index (χ2v) is 5.84. The van der Waals surface area contributed by atoms with Crippen LogP contribution in [0.15, 0.2) is 30.6 Å². The van der Waals surface area contributed by atoms with Gasteiger partial charge in [-0.1, -0.05) is 26.0 Å². The molecule has 116 valence electrons. The molecule has 0 unspecified atom stereocenters. The van der Waals surface area contributed by atoms with E-state index in [9.17, 15) is 4.79 Å². The Morgan fingerprint density at radius 1 is 1.18 bits per heavy atom. The van der Waals surface area contributed by atoms with Gasteiger partial charge in [-0.15, -0.1) is 0 Å².